The van der Waals surface area contributed by atoms with Crippen molar-refractivity contribution in [3.8, 4) is 0 Å². The molecule has 1 aromatic carbocycles. The highest BCUT2D eigenvalue weighted by molar-refractivity contribution is 7.09. The summed E-state index contributed by atoms with van der Waals surface area (Å²) in [5.74, 6) is -0.773. The molecule has 88 valence electrons. The van der Waals surface area contributed by atoms with E-state index in [9.17, 15) is 4.79 Å². The minimum absolute atomic E-state index is 0.151. The summed E-state index contributed by atoms with van der Waals surface area (Å²) in [6.45, 7) is 0. The largest absolute Gasteiger partial charge is 0.481 e. The predicted molar refractivity (Wildman–Crippen MR) is 67.3 cm³/mol. The first-order chi connectivity index (χ1) is 8.24. The van der Waals surface area contributed by atoms with Crippen LogP contribution in [0.1, 0.15) is 22.7 Å². The van der Waals surface area contributed by atoms with Gasteiger partial charge in [0.25, 0.3) is 0 Å². The third kappa shape index (κ3) is 3.67. The molecule has 0 aliphatic rings. The Morgan fingerprint density at radius 3 is 2.76 bits per heavy atom. The molecule has 3 nitrogen and oxygen atoms in total. The van der Waals surface area contributed by atoms with Crippen LogP contribution in [-0.4, -0.2) is 16.1 Å². The van der Waals surface area contributed by atoms with Crippen LogP contribution in [-0.2, 0) is 17.6 Å². The van der Waals surface area contributed by atoms with Crippen molar-refractivity contribution in [2.45, 2.75) is 19.3 Å². The average Bonchev–Trinajstić information content (AvgIpc) is 2.75. The molecule has 1 aromatic heterocycles. The van der Waals surface area contributed by atoms with E-state index in [1.807, 2.05) is 23.6 Å². The molecule has 1 heterocycles. The minimum Gasteiger partial charge on any atom is -0.481 e. The molecule has 0 saturated carbocycles. The first-order valence-corrected chi connectivity index (χ1v) is 6.31. The molecule has 0 radical (unpaired) electrons. The van der Waals surface area contributed by atoms with E-state index >= 15 is 0 Å². The number of aromatic nitrogens is 1. The second kappa shape index (κ2) is 5.59. The number of nitrogens with zero attached hydrogens (tertiary/aromatic N) is 1. The first-order valence-electron chi connectivity index (χ1n) is 5.43. The van der Waals surface area contributed by atoms with Gasteiger partial charge in [-0.1, -0.05) is 30.3 Å². The summed E-state index contributed by atoms with van der Waals surface area (Å²) >= 11 is 1.54. The topological polar surface area (TPSA) is 50.2 Å². The molecule has 0 amide bonds. The van der Waals surface area contributed by atoms with Gasteiger partial charge >= 0.3 is 5.97 Å². The summed E-state index contributed by atoms with van der Waals surface area (Å²) < 4.78 is 0. The van der Waals surface area contributed by atoms with Crippen LogP contribution in [0.15, 0.2) is 35.7 Å². The third-order valence-electron chi connectivity index (χ3n) is 2.38. The maximum absolute atomic E-state index is 10.4. The van der Waals surface area contributed by atoms with Crippen molar-refractivity contribution < 1.29 is 9.90 Å². The molecule has 0 fully saturated rings. The van der Waals surface area contributed by atoms with Crippen LogP contribution in [0.3, 0.4) is 0 Å². The lowest BCUT2D eigenvalue weighted by Gasteiger charge is -1.96. The van der Waals surface area contributed by atoms with Crippen molar-refractivity contribution in [3.05, 3.63) is 52.0 Å². The monoisotopic (exact) mass is 247 g/mol. The smallest absolute Gasteiger partial charge is 0.303 e. The van der Waals surface area contributed by atoms with Crippen LogP contribution in [0, 0.1) is 0 Å². The zero-order chi connectivity index (χ0) is 12.1. The van der Waals surface area contributed by atoms with Crippen LogP contribution >= 0.6 is 11.3 Å². The molecule has 1 N–H and O–H groups in total. The molecule has 0 unspecified atom stereocenters. The van der Waals surface area contributed by atoms with Gasteiger partial charge in [-0.3, -0.25) is 4.79 Å². The molecule has 0 spiro atoms. The quantitative estimate of drug-likeness (QED) is 0.883. The third-order valence-corrected chi connectivity index (χ3v) is 3.34. The van der Waals surface area contributed by atoms with E-state index in [0.717, 1.165) is 17.1 Å². The maximum atomic E-state index is 10.4. The first kappa shape index (κ1) is 11.8. The van der Waals surface area contributed by atoms with Crippen LogP contribution in [0.5, 0.6) is 0 Å². The van der Waals surface area contributed by atoms with Crippen LogP contribution in [0.2, 0.25) is 0 Å². The minimum atomic E-state index is -0.773. The molecule has 2 rings (SSSR count). The van der Waals surface area contributed by atoms with Crippen LogP contribution < -0.4 is 0 Å². The molecule has 2 aromatic rings. The highest BCUT2D eigenvalue weighted by atomic mass is 32.1. The molecule has 0 atom stereocenters. The maximum Gasteiger partial charge on any atom is 0.303 e. The number of benzene rings is 1. The lowest BCUT2D eigenvalue weighted by Crippen LogP contribution is -1.97. The molecular formula is C13H13NO2S. The Hall–Kier alpha value is -1.68. The number of thiazole rings is 1. The summed E-state index contributed by atoms with van der Waals surface area (Å²) in [7, 11) is 0. The van der Waals surface area contributed by atoms with E-state index in [4.69, 9.17) is 5.11 Å². The normalized spacial score (nSPS) is 10.4. The van der Waals surface area contributed by atoms with Gasteiger partial charge in [0.05, 0.1) is 17.1 Å². The van der Waals surface area contributed by atoms with E-state index in [1.54, 1.807) is 0 Å². The molecular weight excluding hydrogens is 234 g/mol. The summed E-state index contributed by atoms with van der Waals surface area (Å²) in [5, 5.41) is 11.5. The number of carbonyl (C=O) groups is 1. The number of aryl methyl sites for hydroxylation is 1. The Morgan fingerprint density at radius 1 is 1.29 bits per heavy atom. The lowest BCUT2D eigenvalue weighted by molar-refractivity contribution is -0.136. The Kier molecular flexibility index (Phi) is 3.88. The summed E-state index contributed by atoms with van der Waals surface area (Å²) in [6, 6.07) is 10.1. The molecule has 0 bridgehead atoms. The van der Waals surface area contributed by atoms with Gasteiger partial charge in [-0.15, -0.1) is 11.3 Å². The second-order valence-corrected chi connectivity index (χ2v) is 4.73. The van der Waals surface area contributed by atoms with Gasteiger partial charge in [0, 0.05) is 18.2 Å². The fraction of sp³-hybridized carbons (Fsp3) is 0.231. The van der Waals surface area contributed by atoms with Crippen molar-refractivity contribution in [1.29, 1.82) is 0 Å². The average molecular weight is 247 g/mol. The lowest BCUT2D eigenvalue weighted by atomic mass is 10.1. The van der Waals surface area contributed by atoms with Crippen LogP contribution in [0.4, 0.5) is 0 Å². The van der Waals surface area contributed by atoms with E-state index in [1.165, 1.54) is 16.9 Å². The highest BCUT2D eigenvalue weighted by Crippen LogP contribution is 2.15. The Morgan fingerprint density at radius 2 is 2.06 bits per heavy atom. The summed E-state index contributed by atoms with van der Waals surface area (Å²) in [5.41, 5.74) is 2.24. The predicted octanol–water partition coefficient (Wildman–Crippen LogP) is 2.75. The van der Waals surface area contributed by atoms with E-state index in [2.05, 4.69) is 17.1 Å². The standard InChI is InChI=1S/C13H13NO2S/c15-13(16)7-6-12-14-11(9-17-12)8-10-4-2-1-3-5-10/h1-5,9H,6-8H2,(H,15,16). The van der Waals surface area contributed by atoms with Crippen molar-refractivity contribution >= 4 is 17.3 Å². The summed E-state index contributed by atoms with van der Waals surface area (Å²) in [4.78, 5) is 14.9. The zero-order valence-electron chi connectivity index (χ0n) is 9.30. The Balaban J connectivity index is 1.97. The van der Waals surface area contributed by atoms with Gasteiger partial charge in [0.2, 0.25) is 0 Å². The van der Waals surface area contributed by atoms with E-state index in [-0.39, 0.29) is 6.42 Å². The molecule has 0 aliphatic carbocycles. The van der Waals surface area contributed by atoms with Gasteiger partial charge in [0.15, 0.2) is 0 Å². The van der Waals surface area contributed by atoms with Gasteiger partial charge in [0.1, 0.15) is 0 Å². The summed E-state index contributed by atoms with van der Waals surface area (Å²) in [6.07, 6.45) is 1.48. The fourth-order valence-corrected chi connectivity index (χ4v) is 2.36. The molecule has 0 saturated heterocycles. The molecule has 4 heteroatoms. The number of rotatable bonds is 5. The SMILES string of the molecule is O=C(O)CCc1nc(Cc2ccccc2)cs1. The van der Waals surface area contributed by atoms with Crippen molar-refractivity contribution in [1.82, 2.24) is 4.98 Å². The van der Waals surface area contributed by atoms with Crippen molar-refractivity contribution in [2.75, 3.05) is 0 Å². The van der Waals surface area contributed by atoms with E-state index in [0.29, 0.717) is 6.42 Å². The zero-order valence-corrected chi connectivity index (χ0v) is 10.1. The van der Waals surface area contributed by atoms with Crippen LogP contribution in [0.25, 0.3) is 0 Å². The highest BCUT2D eigenvalue weighted by Gasteiger charge is 2.05. The van der Waals surface area contributed by atoms with Gasteiger partial charge in [-0.25, -0.2) is 4.98 Å². The Bertz CT molecular complexity index is 493. The molecule has 0 aliphatic heterocycles. The fourth-order valence-electron chi connectivity index (χ4n) is 1.56. The number of carboxylic acids is 1. The van der Waals surface area contributed by atoms with Crippen molar-refractivity contribution in [2.24, 2.45) is 0 Å². The molecule has 17 heavy (non-hydrogen) atoms. The number of carboxylic acid groups (broad SMARTS) is 1. The number of hydrogen-bond acceptors (Lipinski definition) is 3. The van der Waals surface area contributed by atoms with Gasteiger partial charge in [-0.2, -0.15) is 0 Å². The number of aliphatic carboxylic acids is 1. The van der Waals surface area contributed by atoms with Gasteiger partial charge < -0.3 is 5.11 Å². The Labute approximate surface area is 104 Å². The number of hydrogen-bond donors (Lipinski definition) is 1. The second-order valence-electron chi connectivity index (χ2n) is 3.79. The van der Waals surface area contributed by atoms with Crippen molar-refractivity contribution in [3.63, 3.8) is 0 Å². The van der Waals surface area contributed by atoms with E-state index < -0.39 is 5.97 Å². The van der Waals surface area contributed by atoms with Gasteiger partial charge in [-0.05, 0) is 5.56 Å².